The number of fused-ring (bicyclic) bond motifs is 1. The summed E-state index contributed by atoms with van der Waals surface area (Å²) < 4.78 is 27.0. The van der Waals surface area contributed by atoms with E-state index in [0.29, 0.717) is 25.9 Å². The molecule has 1 aliphatic rings. The van der Waals surface area contributed by atoms with Gasteiger partial charge in [-0.2, -0.15) is 0 Å². The van der Waals surface area contributed by atoms with Gasteiger partial charge >= 0.3 is 5.97 Å². The van der Waals surface area contributed by atoms with Crippen LogP contribution in [0.15, 0.2) is 42.6 Å². The molecule has 1 saturated heterocycles. The van der Waals surface area contributed by atoms with E-state index in [1.54, 1.807) is 24.3 Å². The molecular weight excluding hydrogens is 386 g/mol. The van der Waals surface area contributed by atoms with Gasteiger partial charge in [-0.05, 0) is 73.7 Å². The molecule has 0 aliphatic carbocycles. The number of carboxylic acids is 1. The number of H-pyrrole nitrogens is 1. The molecule has 6 heteroatoms. The largest absolute Gasteiger partial charge is 0.478 e. The Balaban J connectivity index is 1.68. The number of nitrogens with one attached hydrogen (secondary N) is 1. The molecule has 0 radical (unpaired) electrons. The molecule has 2 heterocycles. The molecule has 0 bridgehead atoms. The number of nitrogens with zero attached hydrogens (tertiary/aromatic N) is 1. The Morgan fingerprint density at radius 3 is 2.60 bits per heavy atom. The minimum absolute atomic E-state index is 0.171. The number of aromatic amines is 1. The first kappa shape index (κ1) is 20.5. The SMILES string of the molecule is Cc1cc(C)c2[nH]ccc2c1CN1CCC(C(F)F)C[C@H]1c1ccc(C(=O)O)cc1. The Labute approximate surface area is 174 Å². The first-order chi connectivity index (χ1) is 14.3. The van der Waals surface area contributed by atoms with E-state index in [2.05, 4.69) is 35.9 Å². The van der Waals surface area contributed by atoms with Crippen LogP contribution in [0.25, 0.3) is 10.9 Å². The monoisotopic (exact) mass is 412 g/mol. The molecule has 0 spiro atoms. The van der Waals surface area contributed by atoms with Gasteiger partial charge in [-0.25, -0.2) is 13.6 Å². The number of halogens is 2. The molecule has 4 nitrogen and oxygen atoms in total. The molecule has 1 aromatic heterocycles. The molecule has 1 unspecified atom stereocenters. The van der Waals surface area contributed by atoms with E-state index in [1.165, 1.54) is 22.1 Å². The summed E-state index contributed by atoms with van der Waals surface area (Å²) in [6.07, 6.45) is 0.421. The molecule has 0 amide bonds. The molecule has 30 heavy (non-hydrogen) atoms. The number of rotatable bonds is 5. The minimum atomic E-state index is -2.34. The number of likely N-dealkylation sites (tertiary alicyclic amines) is 1. The summed E-state index contributed by atoms with van der Waals surface area (Å²) in [6, 6.07) is 10.7. The summed E-state index contributed by atoms with van der Waals surface area (Å²) in [5.74, 6) is -1.63. The van der Waals surface area contributed by atoms with Crippen LogP contribution < -0.4 is 0 Å². The first-order valence-electron chi connectivity index (χ1n) is 10.3. The zero-order valence-corrected chi connectivity index (χ0v) is 17.2. The molecule has 2 atom stereocenters. The van der Waals surface area contributed by atoms with Gasteiger partial charge in [0.25, 0.3) is 0 Å². The van der Waals surface area contributed by atoms with Gasteiger partial charge in [0.1, 0.15) is 0 Å². The number of aromatic nitrogens is 1. The summed E-state index contributed by atoms with van der Waals surface area (Å²) in [7, 11) is 0. The maximum absolute atomic E-state index is 13.5. The van der Waals surface area contributed by atoms with E-state index in [4.69, 9.17) is 5.11 Å². The highest BCUT2D eigenvalue weighted by Crippen LogP contribution is 2.39. The van der Waals surface area contributed by atoms with Crippen molar-refractivity contribution < 1.29 is 18.7 Å². The van der Waals surface area contributed by atoms with Gasteiger partial charge in [-0.3, -0.25) is 4.90 Å². The van der Waals surface area contributed by atoms with E-state index in [-0.39, 0.29) is 11.6 Å². The topological polar surface area (TPSA) is 56.3 Å². The second-order valence-electron chi connectivity index (χ2n) is 8.29. The average molecular weight is 412 g/mol. The number of hydrogen-bond donors (Lipinski definition) is 2. The molecule has 0 saturated carbocycles. The van der Waals surface area contributed by atoms with Gasteiger partial charge in [0.05, 0.1) is 5.56 Å². The lowest BCUT2D eigenvalue weighted by Crippen LogP contribution is -2.38. The van der Waals surface area contributed by atoms with Crippen LogP contribution in [0.3, 0.4) is 0 Å². The summed E-state index contributed by atoms with van der Waals surface area (Å²) in [5.41, 5.74) is 5.79. The van der Waals surface area contributed by atoms with Gasteiger partial charge in [0.15, 0.2) is 0 Å². The normalized spacial score (nSPS) is 20.2. The highest BCUT2D eigenvalue weighted by Gasteiger charge is 2.34. The number of alkyl halides is 2. The van der Waals surface area contributed by atoms with Gasteiger partial charge in [0.2, 0.25) is 6.43 Å². The second kappa shape index (κ2) is 8.19. The van der Waals surface area contributed by atoms with E-state index < -0.39 is 18.3 Å². The van der Waals surface area contributed by atoms with Crippen molar-refractivity contribution in [1.29, 1.82) is 0 Å². The van der Waals surface area contributed by atoms with E-state index in [9.17, 15) is 13.6 Å². The lowest BCUT2D eigenvalue weighted by atomic mass is 9.86. The van der Waals surface area contributed by atoms with Gasteiger partial charge in [-0.1, -0.05) is 18.2 Å². The van der Waals surface area contributed by atoms with Crippen LogP contribution in [0.1, 0.15) is 51.5 Å². The Hall–Kier alpha value is -2.73. The zero-order chi connectivity index (χ0) is 21.4. The van der Waals surface area contributed by atoms with Crippen LogP contribution in [0.4, 0.5) is 8.78 Å². The Bertz CT molecular complexity index is 1060. The molecule has 1 fully saturated rings. The van der Waals surface area contributed by atoms with Crippen molar-refractivity contribution in [3.63, 3.8) is 0 Å². The number of carboxylic acid groups (broad SMARTS) is 1. The number of hydrogen-bond acceptors (Lipinski definition) is 2. The summed E-state index contributed by atoms with van der Waals surface area (Å²) >= 11 is 0. The van der Waals surface area contributed by atoms with Crippen LogP contribution in [0, 0.1) is 19.8 Å². The lowest BCUT2D eigenvalue weighted by molar-refractivity contribution is 0.00736. The summed E-state index contributed by atoms with van der Waals surface area (Å²) in [6.45, 7) is 5.43. The second-order valence-corrected chi connectivity index (χ2v) is 8.29. The number of carbonyl (C=O) groups is 1. The molecule has 4 rings (SSSR count). The molecule has 2 aromatic carbocycles. The zero-order valence-electron chi connectivity index (χ0n) is 17.2. The first-order valence-corrected chi connectivity index (χ1v) is 10.3. The maximum atomic E-state index is 13.5. The fraction of sp³-hybridized carbons (Fsp3) is 0.375. The highest BCUT2D eigenvalue weighted by molar-refractivity contribution is 5.88. The smallest absolute Gasteiger partial charge is 0.335 e. The number of benzene rings is 2. The predicted octanol–water partition coefficient (Wildman–Crippen LogP) is 5.70. The van der Waals surface area contributed by atoms with Crippen LogP contribution >= 0.6 is 0 Å². The number of aryl methyl sites for hydroxylation is 2. The van der Waals surface area contributed by atoms with E-state index in [0.717, 1.165) is 11.1 Å². The minimum Gasteiger partial charge on any atom is -0.478 e. The van der Waals surface area contributed by atoms with Crippen molar-refractivity contribution >= 4 is 16.9 Å². The van der Waals surface area contributed by atoms with Crippen LogP contribution in [0.2, 0.25) is 0 Å². The van der Waals surface area contributed by atoms with Crippen LogP contribution in [-0.4, -0.2) is 33.9 Å². The predicted molar refractivity (Wildman–Crippen MR) is 113 cm³/mol. The third-order valence-corrected chi connectivity index (χ3v) is 6.39. The molecule has 3 aromatic rings. The fourth-order valence-electron chi connectivity index (χ4n) is 4.71. The molecule has 1 aliphatic heterocycles. The Morgan fingerprint density at radius 2 is 1.93 bits per heavy atom. The van der Waals surface area contributed by atoms with Crippen molar-refractivity contribution in [2.75, 3.05) is 6.54 Å². The Morgan fingerprint density at radius 1 is 1.20 bits per heavy atom. The Kier molecular flexibility index (Phi) is 5.60. The number of piperidine rings is 1. The maximum Gasteiger partial charge on any atom is 0.335 e. The third-order valence-electron chi connectivity index (χ3n) is 6.39. The summed E-state index contributed by atoms with van der Waals surface area (Å²) in [5, 5.41) is 10.3. The summed E-state index contributed by atoms with van der Waals surface area (Å²) in [4.78, 5) is 16.8. The number of aromatic carboxylic acids is 1. The van der Waals surface area contributed by atoms with Crippen LogP contribution in [0.5, 0.6) is 0 Å². The van der Waals surface area contributed by atoms with Gasteiger partial charge in [0, 0.05) is 35.6 Å². The standard InChI is InChI=1S/C24H26F2N2O2/c1-14-11-15(2)22-19(7-9-27-22)20(14)13-28-10-8-18(23(25)26)12-21(28)16-3-5-17(6-4-16)24(29)30/h3-7,9,11,18,21,23,27H,8,10,12-13H2,1-2H3,(H,29,30)/t18?,21-/m0/s1. The lowest BCUT2D eigenvalue weighted by Gasteiger charge is -2.40. The molecule has 2 N–H and O–H groups in total. The van der Waals surface area contributed by atoms with Crippen molar-refractivity contribution in [1.82, 2.24) is 9.88 Å². The van der Waals surface area contributed by atoms with Crippen molar-refractivity contribution in [3.05, 3.63) is 70.4 Å². The van der Waals surface area contributed by atoms with Crippen LogP contribution in [-0.2, 0) is 6.54 Å². The van der Waals surface area contributed by atoms with E-state index in [1.807, 2.05) is 6.20 Å². The van der Waals surface area contributed by atoms with Gasteiger partial charge < -0.3 is 10.1 Å². The quantitative estimate of drug-likeness (QED) is 0.565. The highest BCUT2D eigenvalue weighted by atomic mass is 19.3. The van der Waals surface area contributed by atoms with Crippen molar-refractivity contribution in [3.8, 4) is 0 Å². The van der Waals surface area contributed by atoms with Crippen molar-refractivity contribution in [2.45, 2.75) is 45.7 Å². The molecule has 158 valence electrons. The fourth-order valence-corrected chi connectivity index (χ4v) is 4.71. The van der Waals surface area contributed by atoms with Gasteiger partial charge in [-0.15, -0.1) is 0 Å². The third kappa shape index (κ3) is 3.84. The average Bonchev–Trinajstić information content (AvgIpc) is 3.21. The van der Waals surface area contributed by atoms with E-state index >= 15 is 0 Å². The van der Waals surface area contributed by atoms with Crippen molar-refractivity contribution in [2.24, 2.45) is 5.92 Å². The molecular formula is C24H26F2N2O2.